The second-order valence-corrected chi connectivity index (χ2v) is 16.4. The van der Waals surface area contributed by atoms with Crippen LogP contribution < -0.4 is 15.9 Å². The first kappa shape index (κ1) is 29.1. The summed E-state index contributed by atoms with van der Waals surface area (Å²) in [4.78, 5) is 44.4. The summed E-state index contributed by atoms with van der Waals surface area (Å²) in [6, 6.07) is 29.7. The predicted molar refractivity (Wildman–Crippen MR) is 167 cm³/mol. The van der Waals surface area contributed by atoms with Crippen LogP contribution in [0.4, 0.5) is 0 Å². The lowest BCUT2D eigenvalue weighted by atomic mass is 9.70. The van der Waals surface area contributed by atoms with Gasteiger partial charge in [-0.15, -0.1) is 0 Å². The summed E-state index contributed by atoms with van der Waals surface area (Å²) < 4.78 is 5.84. The number of nitrogens with zero attached hydrogens (tertiary/aromatic N) is 1. The highest BCUT2D eigenvalue weighted by Crippen LogP contribution is 2.61. The number of esters is 1. The van der Waals surface area contributed by atoms with E-state index in [0.29, 0.717) is 5.29 Å². The average Bonchev–Trinajstić information content (AvgIpc) is 3.26. The Morgan fingerprint density at radius 3 is 1.63 bits per heavy atom. The first-order valence-corrected chi connectivity index (χ1v) is 16.1. The van der Waals surface area contributed by atoms with Crippen LogP contribution >= 0.6 is 6.89 Å². The SMILES string of the molecule is CC(C)(C)OC(=O)CC(C(=O)N1C(=O)[C@]2(C)CC[C@H]1C2(C)C)=P(c1ccccc1)(c1ccccc1)c1ccccc1. The number of piperidine rings is 1. The van der Waals surface area contributed by atoms with Crippen molar-refractivity contribution in [1.82, 2.24) is 4.90 Å². The topological polar surface area (TPSA) is 63.7 Å². The van der Waals surface area contributed by atoms with Crippen LogP contribution in [0.2, 0.25) is 0 Å². The minimum atomic E-state index is -2.93. The molecule has 2 atom stereocenters. The van der Waals surface area contributed by atoms with E-state index in [2.05, 4.69) is 13.8 Å². The van der Waals surface area contributed by atoms with Crippen molar-refractivity contribution in [2.45, 2.75) is 72.4 Å². The molecular formula is C35H40NO4P. The molecule has 3 aromatic carbocycles. The van der Waals surface area contributed by atoms with Crippen molar-refractivity contribution in [2.75, 3.05) is 0 Å². The van der Waals surface area contributed by atoms with Crippen LogP contribution in [0.25, 0.3) is 0 Å². The maximum Gasteiger partial charge on any atom is 0.311 e. The molecule has 2 fully saturated rings. The summed E-state index contributed by atoms with van der Waals surface area (Å²) in [5.41, 5.74) is -1.72. The standard InChI is InChI=1S/C35H40NO4P/c1-33(2,3)40-30(37)24-28(31(38)36-29-22-23-35(6,32(36)39)34(29,4)5)41(25-16-10-7-11-17-25,26-18-12-8-13-19-26)27-20-14-9-15-21-27/h7-21,29H,22-24H2,1-6H3/t29-,35-/m0/s1. The Hall–Kier alpha value is -3.43. The van der Waals surface area contributed by atoms with Crippen molar-refractivity contribution in [2.24, 2.45) is 10.8 Å². The van der Waals surface area contributed by atoms with Gasteiger partial charge in [0.25, 0.3) is 5.91 Å². The number of benzene rings is 3. The van der Waals surface area contributed by atoms with E-state index in [1.54, 1.807) is 0 Å². The number of carbonyl (C=O) groups excluding carboxylic acids is 3. The summed E-state index contributed by atoms with van der Waals surface area (Å²) in [7, 11) is 0. The minimum absolute atomic E-state index is 0.141. The number of carbonyl (C=O) groups is 3. The molecular weight excluding hydrogens is 529 g/mol. The van der Waals surface area contributed by atoms with Gasteiger partial charge in [-0.25, -0.2) is 0 Å². The highest BCUT2D eigenvalue weighted by atomic mass is 31.2. The Morgan fingerprint density at radius 2 is 1.27 bits per heavy atom. The van der Waals surface area contributed by atoms with E-state index >= 15 is 4.79 Å². The molecule has 0 unspecified atom stereocenters. The highest BCUT2D eigenvalue weighted by molar-refractivity contribution is 7.96. The van der Waals surface area contributed by atoms with Gasteiger partial charge in [0, 0.05) is 11.3 Å². The van der Waals surface area contributed by atoms with E-state index in [1.807, 2.05) is 119 Å². The number of fused-ring (bicyclic) bond motifs is 2. The number of hydrogen-bond donors (Lipinski definition) is 0. The van der Waals surface area contributed by atoms with Gasteiger partial charge in [-0.05, 0) is 61.8 Å². The molecule has 214 valence electrons. The van der Waals surface area contributed by atoms with Gasteiger partial charge < -0.3 is 4.74 Å². The van der Waals surface area contributed by atoms with Crippen molar-refractivity contribution < 1.29 is 19.1 Å². The van der Waals surface area contributed by atoms with E-state index < -0.39 is 23.9 Å². The molecule has 2 bridgehead atoms. The van der Waals surface area contributed by atoms with Crippen molar-refractivity contribution in [3.8, 4) is 0 Å². The van der Waals surface area contributed by atoms with Crippen LogP contribution in [0, 0.1) is 10.8 Å². The number of imide groups is 1. The Balaban J connectivity index is 1.89. The van der Waals surface area contributed by atoms with Gasteiger partial charge in [0.1, 0.15) is 5.60 Å². The zero-order valence-corrected chi connectivity index (χ0v) is 25.8. The van der Waals surface area contributed by atoms with Gasteiger partial charge in [-0.1, -0.05) is 112 Å². The Bertz CT molecular complexity index is 1420. The van der Waals surface area contributed by atoms with Crippen molar-refractivity contribution in [3.63, 3.8) is 0 Å². The van der Waals surface area contributed by atoms with Crippen LogP contribution in [0.5, 0.6) is 0 Å². The molecule has 0 aromatic heterocycles. The number of ether oxygens (including phenoxy) is 1. The molecule has 0 spiro atoms. The molecule has 2 amide bonds. The molecule has 3 aromatic rings. The molecule has 6 heteroatoms. The molecule has 1 heterocycles. The van der Waals surface area contributed by atoms with E-state index in [4.69, 9.17) is 4.74 Å². The van der Waals surface area contributed by atoms with Gasteiger partial charge in [0.15, 0.2) is 0 Å². The van der Waals surface area contributed by atoms with Gasteiger partial charge >= 0.3 is 5.97 Å². The zero-order chi connectivity index (χ0) is 29.6. The summed E-state index contributed by atoms with van der Waals surface area (Å²) in [5.74, 6) is -0.972. The smallest absolute Gasteiger partial charge is 0.311 e. The maximum absolute atomic E-state index is 15.1. The summed E-state index contributed by atoms with van der Waals surface area (Å²) >= 11 is 0. The maximum atomic E-state index is 15.1. The molecule has 0 radical (unpaired) electrons. The van der Waals surface area contributed by atoms with Crippen LogP contribution in [-0.2, 0) is 19.1 Å². The molecule has 1 saturated heterocycles. The Labute approximate surface area is 243 Å². The average molecular weight is 570 g/mol. The lowest BCUT2D eigenvalue weighted by Gasteiger charge is -2.36. The first-order valence-electron chi connectivity index (χ1n) is 14.4. The van der Waals surface area contributed by atoms with Crippen LogP contribution in [0.3, 0.4) is 0 Å². The van der Waals surface area contributed by atoms with E-state index in [-0.39, 0.29) is 29.7 Å². The largest absolute Gasteiger partial charge is 0.460 e. The molecule has 1 aliphatic carbocycles. The Morgan fingerprint density at radius 1 is 0.829 bits per heavy atom. The van der Waals surface area contributed by atoms with Crippen molar-refractivity contribution in [3.05, 3.63) is 91.0 Å². The lowest BCUT2D eigenvalue weighted by molar-refractivity contribution is -0.154. The first-order chi connectivity index (χ1) is 19.3. The number of hydrogen-bond acceptors (Lipinski definition) is 4. The number of rotatable bonds is 6. The quantitative estimate of drug-likeness (QED) is 0.293. The fourth-order valence-electron chi connectivity index (χ4n) is 6.81. The fourth-order valence-corrected chi connectivity index (χ4v) is 11.3. The summed E-state index contributed by atoms with van der Waals surface area (Å²) in [5, 5.41) is 3.28. The minimum Gasteiger partial charge on any atom is -0.460 e. The normalized spacial score (nSPS) is 21.6. The third kappa shape index (κ3) is 4.69. The number of likely N-dealkylation sites (tertiary alicyclic amines) is 1. The molecule has 1 saturated carbocycles. The molecule has 0 N–H and O–H groups in total. The summed E-state index contributed by atoms with van der Waals surface area (Å²) in [6.45, 7) is 8.73. The highest BCUT2D eigenvalue weighted by Gasteiger charge is 2.67. The summed E-state index contributed by atoms with van der Waals surface area (Å²) in [6.07, 6.45) is 1.30. The lowest BCUT2D eigenvalue weighted by Crippen LogP contribution is -2.49. The number of amides is 2. The van der Waals surface area contributed by atoms with Gasteiger partial charge in [0.2, 0.25) is 5.91 Å². The fraction of sp³-hybridized carbons (Fsp3) is 0.371. The van der Waals surface area contributed by atoms with Crippen molar-refractivity contribution in [1.29, 1.82) is 0 Å². The van der Waals surface area contributed by atoms with Gasteiger partial charge in [-0.3, -0.25) is 19.3 Å². The van der Waals surface area contributed by atoms with E-state index in [0.717, 1.165) is 28.8 Å². The van der Waals surface area contributed by atoms with Crippen LogP contribution in [0.15, 0.2) is 91.0 Å². The second kappa shape index (κ2) is 10.4. The molecule has 5 nitrogen and oxygen atoms in total. The zero-order valence-electron chi connectivity index (χ0n) is 24.9. The van der Waals surface area contributed by atoms with E-state index in [1.165, 1.54) is 4.90 Å². The molecule has 1 aliphatic heterocycles. The molecule has 41 heavy (non-hydrogen) atoms. The van der Waals surface area contributed by atoms with Crippen LogP contribution in [0.1, 0.15) is 60.8 Å². The van der Waals surface area contributed by atoms with Crippen molar-refractivity contribution >= 4 is 45.9 Å². The Kier molecular flexibility index (Phi) is 7.40. The van der Waals surface area contributed by atoms with E-state index in [9.17, 15) is 9.59 Å². The van der Waals surface area contributed by atoms with Gasteiger partial charge in [0.05, 0.1) is 11.8 Å². The second-order valence-electron chi connectivity index (χ2n) is 13.0. The van der Waals surface area contributed by atoms with Gasteiger partial charge in [-0.2, -0.15) is 0 Å². The van der Waals surface area contributed by atoms with Crippen LogP contribution in [-0.4, -0.2) is 39.6 Å². The third-order valence-corrected chi connectivity index (χ3v) is 13.6. The molecule has 2 aliphatic rings. The monoisotopic (exact) mass is 569 g/mol. The third-order valence-electron chi connectivity index (χ3n) is 9.21. The molecule has 5 rings (SSSR count). The predicted octanol–water partition coefficient (Wildman–Crippen LogP) is 5.45.